The van der Waals surface area contributed by atoms with Crippen LogP contribution in [0.15, 0.2) is 59.6 Å². The monoisotopic (exact) mass is 341 g/mol. The Morgan fingerprint density at radius 1 is 1.04 bits per heavy atom. The van der Waals surface area contributed by atoms with Crippen LogP contribution in [-0.4, -0.2) is 27.5 Å². The predicted octanol–water partition coefficient (Wildman–Crippen LogP) is 3.41. The lowest BCUT2D eigenvalue weighted by Crippen LogP contribution is -2.16. The molecule has 1 heterocycles. The Kier molecular flexibility index (Phi) is 4.15. The van der Waals surface area contributed by atoms with Gasteiger partial charge in [-0.25, -0.2) is 8.42 Å². The minimum Gasteiger partial charge on any atom is -0.378 e. The van der Waals surface area contributed by atoms with Crippen molar-refractivity contribution in [1.29, 1.82) is 0 Å². The molecule has 0 aliphatic carbocycles. The van der Waals surface area contributed by atoms with Gasteiger partial charge in [-0.1, -0.05) is 18.2 Å². The van der Waals surface area contributed by atoms with E-state index in [1.165, 1.54) is 0 Å². The SMILES string of the molecule is Cc1cc(N(C)C)ccc1S(=O)(=O)Nc1cccc2cccnc12. The molecule has 0 saturated heterocycles. The van der Waals surface area contributed by atoms with Crippen LogP contribution >= 0.6 is 0 Å². The number of sulfonamides is 1. The zero-order valence-corrected chi connectivity index (χ0v) is 14.6. The maximum absolute atomic E-state index is 12.8. The summed E-state index contributed by atoms with van der Waals surface area (Å²) in [7, 11) is 0.153. The van der Waals surface area contributed by atoms with E-state index in [0.29, 0.717) is 16.8 Å². The zero-order valence-electron chi connectivity index (χ0n) is 13.8. The molecule has 124 valence electrons. The van der Waals surface area contributed by atoms with Gasteiger partial charge in [-0.05, 0) is 42.8 Å². The first kappa shape index (κ1) is 16.3. The van der Waals surface area contributed by atoms with Crippen LogP contribution in [0.3, 0.4) is 0 Å². The van der Waals surface area contributed by atoms with Gasteiger partial charge >= 0.3 is 0 Å². The van der Waals surface area contributed by atoms with E-state index in [2.05, 4.69) is 9.71 Å². The van der Waals surface area contributed by atoms with Crippen LogP contribution < -0.4 is 9.62 Å². The summed E-state index contributed by atoms with van der Waals surface area (Å²) in [5, 5.41) is 0.886. The van der Waals surface area contributed by atoms with E-state index >= 15 is 0 Å². The molecule has 5 nitrogen and oxygen atoms in total. The Balaban J connectivity index is 2.02. The molecule has 0 aliphatic rings. The molecule has 0 bridgehead atoms. The molecule has 0 unspecified atom stereocenters. The van der Waals surface area contributed by atoms with Gasteiger partial charge in [0.1, 0.15) is 0 Å². The predicted molar refractivity (Wildman–Crippen MR) is 98.1 cm³/mol. The van der Waals surface area contributed by atoms with Crippen LogP contribution in [0.1, 0.15) is 5.56 Å². The molecule has 0 radical (unpaired) electrons. The quantitative estimate of drug-likeness (QED) is 0.790. The number of anilines is 2. The highest BCUT2D eigenvalue weighted by molar-refractivity contribution is 7.92. The fraction of sp³-hybridized carbons (Fsp3) is 0.167. The molecule has 0 fully saturated rings. The number of hydrogen-bond acceptors (Lipinski definition) is 4. The fourth-order valence-electron chi connectivity index (χ4n) is 2.60. The first-order valence-corrected chi connectivity index (χ1v) is 9.01. The minimum atomic E-state index is -3.69. The van der Waals surface area contributed by atoms with E-state index in [9.17, 15) is 8.42 Å². The molecule has 0 aliphatic heterocycles. The fourth-order valence-corrected chi connectivity index (χ4v) is 3.89. The van der Waals surface area contributed by atoms with Gasteiger partial charge in [-0.2, -0.15) is 0 Å². The van der Waals surface area contributed by atoms with Crippen molar-refractivity contribution in [2.45, 2.75) is 11.8 Å². The van der Waals surface area contributed by atoms with E-state index in [4.69, 9.17) is 0 Å². The Morgan fingerprint density at radius 3 is 2.50 bits per heavy atom. The van der Waals surface area contributed by atoms with Crippen molar-refractivity contribution in [1.82, 2.24) is 4.98 Å². The summed E-state index contributed by atoms with van der Waals surface area (Å²) >= 11 is 0. The summed E-state index contributed by atoms with van der Waals surface area (Å²) in [6, 6.07) is 14.4. The molecule has 24 heavy (non-hydrogen) atoms. The van der Waals surface area contributed by atoms with Crippen LogP contribution in [-0.2, 0) is 10.0 Å². The highest BCUT2D eigenvalue weighted by Gasteiger charge is 2.18. The number of hydrogen-bond donors (Lipinski definition) is 1. The molecular weight excluding hydrogens is 322 g/mol. The maximum atomic E-state index is 12.8. The third-order valence-electron chi connectivity index (χ3n) is 3.84. The van der Waals surface area contributed by atoms with Crippen molar-refractivity contribution in [3.63, 3.8) is 0 Å². The summed E-state index contributed by atoms with van der Waals surface area (Å²) in [5.41, 5.74) is 2.76. The Labute approximate surface area is 142 Å². The van der Waals surface area contributed by atoms with Gasteiger partial charge in [0.2, 0.25) is 0 Å². The number of nitrogens with zero attached hydrogens (tertiary/aromatic N) is 2. The van der Waals surface area contributed by atoms with Gasteiger partial charge in [-0.15, -0.1) is 0 Å². The van der Waals surface area contributed by atoms with Crippen LogP contribution in [0.2, 0.25) is 0 Å². The standard InChI is InChI=1S/C18H19N3O2S/c1-13-12-15(21(2)3)9-10-17(13)24(22,23)20-16-8-4-6-14-7-5-11-19-18(14)16/h4-12,20H,1-3H3. The Morgan fingerprint density at radius 2 is 1.79 bits per heavy atom. The summed E-state index contributed by atoms with van der Waals surface area (Å²) in [4.78, 5) is 6.49. The van der Waals surface area contributed by atoms with E-state index in [0.717, 1.165) is 11.1 Å². The lowest BCUT2D eigenvalue weighted by atomic mass is 10.2. The first-order chi connectivity index (χ1) is 11.4. The number of aryl methyl sites for hydroxylation is 1. The lowest BCUT2D eigenvalue weighted by molar-refractivity contribution is 0.600. The van der Waals surface area contributed by atoms with Crippen LogP contribution in [0.5, 0.6) is 0 Å². The van der Waals surface area contributed by atoms with Crippen molar-refractivity contribution < 1.29 is 8.42 Å². The van der Waals surface area contributed by atoms with Gasteiger partial charge in [0.05, 0.1) is 16.1 Å². The van der Waals surface area contributed by atoms with E-state index in [1.807, 2.05) is 49.3 Å². The smallest absolute Gasteiger partial charge is 0.262 e. The average molecular weight is 341 g/mol. The highest BCUT2D eigenvalue weighted by Crippen LogP contribution is 2.26. The summed E-state index contributed by atoms with van der Waals surface area (Å²) in [5.74, 6) is 0. The zero-order chi connectivity index (χ0) is 17.3. The molecule has 0 saturated carbocycles. The Bertz CT molecular complexity index is 993. The van der Waals surface area contributed by atoms with Gasteiger partial charge in [0.15, 0.2) is 0 Å². The number of pyridine rings is 1. The number of aromatic nitrogens is 1. The van der Waals surface area contributed by atoms with Crippen LogP contribution in [0.4, 0.5) is 11.4 Å². The molecule has 6 heteroatoms. The van der Waals surface area contributed by atoms with Crippen molar-refractivity contribution in [3.8, 4) is 0 Å². The third-order valence-corrected chi connectivity index (χ3v) is 5.37. The maximum Gasteiger partial charge on any atom is 0.262 e. The minimum absolute atomic E-state index is 0.265. The number of nitrogens with one attached hydrogen (secondary N) is 1. The van der Waals surface area contributed by atoms with Crippen molar-refractivity contribution in [2.24, 2.45) is 0 Å². The molecule has 1 aromatic heterocycles. The first-order valence-electron chi connectivity index (χ1n) is 7.53. The third kappa shape index (κ3) is 3.05. The molecule has 2 aromatic carbocycles. The van der Waals surface area contributed by atoms with Crippen molar-refractivity contribution >= 4 is 32.3 Å². The van der Waals surface area contributed by atoms with Crippen LogP contribution in [0, 0.1) is 6.92 Å². The molecule has 1 N–H and O–H groups in total. The van der Waals surface area contributed by atoms with Gasteiger partial charge < -0.3 is 4.90 Å². The average Bonchev–Trinajstić information content (AvgIpc) is 2.54. The molecule has 0 atom stereocenters. The van der Waals surface area contributed by atoms with E-state index in [-0.39, 0.29) is 4.90 Å². The molecule has 3 rings (SSSR count). The molecule has 0 spiro atoms. The number of fused-ring (bicyclic) bond motifs is 1. The summed E-state index contributed by atoms with van der Waals surface area (Å²) < 4.78 is 28.3. The summed E-state index contributed by atoms with van der Waals surface area (Å²) in [6.07, 6.45) is 1.65. The lowest BCUT2D eigenvalue weighted by Gasteiger charge is -2.16. The van der Waals surface area contributed by atoms with E-state index < -0.39 is 10.0 Å². The van der Waals surface area contributed by atoms with Gasteiger partial charge in [0, 0.05) is 31.4 Å². The second-order valence-electron chi connectivity index (χ2n) is 5.83. The molecular formula is C18H19N3O2S. The van der Waals surface area contributed by atoms with Gasteiger partial charge in [0.25, 0.3) is 10.0 Å². The Hall–Kier alpha value is -2.60. The van der Waals surface area contributed by atoms with Crippen molar-refractivity contribution in [3.05, 3.63) is 60.3 Å². The summed E-state index contributed by atoms with van der Waals surface area (Å²) in [6.45, 7) is 1.79. The second-order valence-corrected chi connectivity index (χ2v) is 7.48. The van der Waals surface area contributed by atoms with Crippen LogP contribution in [0.25, 0.3) is 10.9 Å². The topological polar surface area (TPSA) is 62.3 Å². The normalized spacial score (nSPS) is 11.5. The largest absolute Gasteiger partial charge is 0.378 e. The van der Waals surface area contributed by atoms with Gasteiger partial charge in [-0.3, -0.25) is 9.71 Å². The number of para-hydroxylation sites is 1. The number of rotatable bonds is 4. The van der Waals surface area contributed by atoms with Crippen molar-refractivity contribution in [2.75, 3.05) is 23.7 Å². The molecule has 0 amide bonds. The number of benzene rings is 2. The molecule has 3 aromatic rings. The second kappa shape index (κ2) is 6.13. The van der Waals surface area contributed by atoms with E-state index in [1.54, 1.807) is 31.3 Å². The highest BCUT2D eigenvalue weighted by atomic mass is 32.2.